The van der Waals surface area contributed by atoms with E-state index in [4.69, 9.17) is 17.3 Å². The van der Waals surface area contributed by atoms with E-state index in [1.165, 1.54) is 22.0 Å². The second-order valence-corrected chi connectivity index (χ2v) is 6.44. The van der Waals surface area contributed by atoms with Gasteiger partial charge in [0.1, 0.15) is 0 Å². The summed E-state index contributed by atoms with van der Waals surface area (Å²) in [6.07, 6.45) is 3.03. The fraction of sp³-hybridized carbons (Fsp3) is 0.263. The minimum absolute atomic E-state index is 0.0847. The normalized spacial score (nSPS) is 14.2. The number of hydrogen-bond donors (Lipinski definition) is 1. The van der Waals surface area contributed by atoms with E-state index in [1.807, 2.05) is 12.1 Å². The summed E-state index contributed by atoms with van der Waals surface area (Å²) in [6.45, 7) is 2.09. The van der Waals surface area contributed by atoms with E-state index < -0.39 is 0 Å². The Bertz CT molecular complexity index is 772. The number of halogens is 1. The van der Waals surface area contributed by atoms with Crippen molar-refractivity contribution in [2.75, 3.05) is 0 Å². The molecule has 22 heavy (non-hydrogen) atoms. The van der Waals surface area contributed by atoms with Crippen molar-refractivity contribution in [1.29, 1.82) is 0 Å². The van der Waals surface area contributed by atoms with Crippen LogP contribution in [0.3, 0.4) is 0 Å². The highest BCUT2D eigenvalue weighted by atomic mass is 35.5. The van der Waals surface area contributed by atoms with Gasteiger partial charge in [0.15, 0.2) is 0 Å². The molecule has 2 nitrogen and oxygen atoms in total. The molecule has 0 aliphatic carbocycles. The van der Waals surface area contributed by atoms with E-state index in [-0.39, 0.29) is 12.0 Å². The Morgan fingerprint density at radius 3 is 2.50 bits per heavy atom. The molecule has 0 radical (unpaired) electrons. The van der Waals surface area contributed by atoms with Gasteiger partial charge in [0.25, 0.3) is 0 Å². The molecular weight excluding hydrogens is 292 g/mol. The SMILES string of the molecule is C[C@H](N)[C@@H](Cc1ccc(Cl)cc1)c1cccc2c1ccn2C. The van der Waals surface area contributed by atoms with Crippen LogP contribution in [0.1, 0.15) is 24.0 Å². The number of benzene rings is 2. The standard InChI is InChI=1S/C19H21ClN2/c1-13(21)18(12-14-6-8-15(20)9-7-14)16-4-3-5-19-17(16)10-11-22(19)2/h3-11,13,18H,12,21H2,1-2H3/t13-,18+/m0/s1. The van der Waals surface area contributed by atoms with Gasteiger partial charge in [0.2, 0.25) is 0 Å². The molecule has 0 unspecified atom stereocenters. The van der Waals surface area contributed by atoms with Crippen LogP contribution in [0, 0.1) is 0 Å². The Hall–Kier alpha value is -1.77. The van der Waals surface area contributed by atoms with Gasteiger partial charge in [-0.05, 0) is 48.7 Å². The molecular formula is C19H21ClN2. The topological polar surface area (TPSA) is 30.9 Å². The van der Waals surface area contributed by atoms with E-state index in [2.05, 4.69) is 61.1 Å². The van der Waals surface area contributed by atoms with Crippen molar-refractivity contribution in [3.05, 3.63) is 70.9 Å². The van der Waals surface area contributed by atoms with E-state index in [9.17, 15) is 0 Å². The number of aryl methyl sites for hydroxylation is 1. The molecule has 0 bridgehead atoms. The lowest BCUT2D eigenvalue weighted by molar-refractivity contribution is 0.568. The van der Waals surface area contributed by atoms with Gasteiger partial charge in [-0.25, -0.2) is 0 Å². The third-order valence-corrected chi connectivity index (χ3v) is 4.62. The van der Waals surface area contributed by atoms with Crippen LogP contribution in [-0.2, 0) is 13.5 Å². The van der Waals surface area contributed by atoms with E-state index >= 15 is 0 Å². The fourth-order valence-corrected chi connectivity index (χ4v) is 3.23. The van der Waals surface area contributed by atoms with Crippen LogP contribution in [0.25, 0.3) is 10.9 Å². The van der Waals surface area contributed by atoms with Crippen LogP contribution in [-0.4, -0.2) is 10.6 Å². The molecule has 3 heteroatoms. The summed E-state index contributed by atoms with van der Waals surface area (Å²) in [6, 6.07) is 16.8. The molecule has 0 saturated heterocycles. The summed E-state index contributed by atoms with van der Waals surface area (Å²) in [5.74, 6) is 0.285. The third-order valence-electron chi connectivity index (χ3n) is 4.36. The van der Waals surface area contributed by atoms with Crippen LogP contribution >= 0.6 is 11.6 Å². The van der Waals surface area contributed by atoms with E-state index in [0.29, 0.717) is 0 Å². The summed E-state index contributed by atoms with van der Waals surface area (Å²) in [5.41, 5.74) is 10.1. The van der Waals surface area contributed by atoms with Crippen LogP contribution in [0.15, 0.2) is 54.7 Å². The third kappa shape index (κ3) is 2.90. The van der Waals surface area contributed by atoms with Gasteiger partial charge < -0.3 is 10.3 Å². The predicted molar refractivity (Wildman–Crippen MR) is 94.5 cm³/mol. The van der Waals surface area contributed by atoms with Crippen molar-refractivity contribution in [1.82, 2.24) is 4.57 Å². The first kappa shape index (κ1) is 15.1. The second-order valence-electron chi connectivity index (χ2n) is 6.00. The van der Waals surface area contributed by atoms with E-state index in [1.54, 1.807) is 0 Å². The van der Waals surface area contributed by atoms with Gasteiger partial charge in [-0.2, -0.15) is 0 Å². The zero-order valence-electron chi connectivity index (χ0n) is 13.0. The number of rotatable bonds is 4. The molecule has 0 aliphatic heterocycles. The first-order valence-electron chi connectivity index (χ1n) is 7.60. The van der Waals surface area contributed by atoms with Gasteiger partial charge in [0, 0.05) is 41.1 Å². The minimum Gasteiger partial charge on any atom is -0.351 e. The molecule has 2 N–H and O–H groups in total. The van der Waals surface area contributed by atoms with Crippen LogP contribution in [0.5, 0.6) is 0 Å². The predicted octanol–water partition coefficient (Wildman–Crippen LogP) is 4.51. The fourth-order valence-electron chi connectivity index (χ4n) is 3.10. The van der Waals surface area contributed by atoms with Crippen molar-refractivity contribution in [2.24, 2.45) is 12.8 Å². The Morgan fingerprint density at radius 2 is 1.82 bits per heavy atom. The first-order chi connectivity index (χ1) is 10.6. The lowest BCUT2D eigenvalue weighted by Crippen LogP contribution is -2.26. The molecule has 1 heterocycles. The van der Waals surface area contributed by atoms with Crippen molar-refractivity contribution < 1.29 is 0 Å². The lowest BCUT2D eigenvalue weighted by atomic mass is 9.85. The van der Waals surface area contributed by atoms with Gasteiger partial charge in [0.05, 0.1) is 0 Å². The molecule has 114 valence electrons. The van der Waals surface area contributed by atoms with Crippen molar-refractivity contribution in [3.8, 4) is 0 Å². The Balaban J connectivity index is 2.01. The Kier molecular flexibility index (Phi) is 4.23. The first-order valence-corrected chi connectivity index (χ1v) is 7.98. The van der Waals surface area contributed by atoms with Gasteiger partial charge in [-0.3, -0.25) is 0 Å². The summed E-state index contributed by atoms with van der Waals surface area (Å²) in [5, 5.41) is 2.06. The van der Waals surface area contributed by atoms with Gasteiger partial charge in [-0.15, -0.1) is 0 Å². The van der Waals surface area contributed by atoms with E-state index in [0.717, 1.165) is 11.4 Å². The number of nitrogens with two attached hydrogens (primary N) is 1. The van der Waals surface area contributed by atoms with Crippen molar-refractivity contribution in [2.45, 2.75) is 25.3 Å². The second kappa shape index (κ2) is 6.15. The molecule has 0 amide bonds. The zero-order chi connectivity index (χ0) is 15.7. The summed E-state index contributed by atoms with van der Waals surface area (Å²) in [7, 11) is 2.08. The summed E-state index contributed by atoms with van der Waals surface area (Å²) >= 11 is 5.98. The maximum Gasteiger partial charge on any atom is 0.0480 e. The van der Waals surface area contributed by atoms with Gasteiger partial charge in [-0.1, -0.05) is 35.9 Å². The highest BCUT2D eigenvalue weighted by Crippen LogP contribution is 2.31. The zero-order valence-corrected chi connectivity index (χ0v) is 13.7. The largest absolute Gasteiger partial charge is 0.351 e. The molecule has 3 aromatic rings. The quantitative estimate of drug-likeness (QED) is 0.755. The summed E-state index contributed by atoms with van der Waals surface area (Å²) in [4.78, 5) is 0. The molecule has 0 fully saturated rings. The average molecular weight is 313 g/mol. The molecule has 3 rings (SSSR count). The average Bonchev–Trinajstić information content (AvgIpc) is 2.88. The highest BCUT2D eigenvalue weighted by Gasteiger charge is 2.19. The summed E-state index contributed by atoms with van der Waals surface area (Å²) < 4.78 is 2.15. The minimum atomic E-state index is 0.0847. The molecule has 0 aliphatic rings. The lowest BCUT2D eigenvalue weighted by Gasteiger charge is -2.22. The monoisotopic (exact) mass is 312 g/mol. The maximum atomic E-state index is 6.31. The molecule has 2 atom stereocenters. The van der Waals surface area contributed by atoms with Crippen molar-refractivity contribution >= 4 is 22.5 Å². The molecule has 0 spiro atoms. The number of aromatic nitrogens is 1. The Labute approximate surface area is 136 Å². The number of hydrogen-bond acceptors (Lipinski definition) is 1. The van der Waals surface area contributed by atoms with Crippen LogP contribution < -0.4 is 5.73 Å². The smallest absolute Gasteiger partial charge is 0.0480 e. The molecule has 1 aromatic heterocycles. The Morgan fingerprint density at radius 1 is 1.09 bits per heavy atom. The maximum absolute atomic E-state index is 6.31. The van der Waals surface area contributed by atoms with Crippen molar-refractivity contribution in [3.63, 3.8) is 0 Å². The molecule has 0 saturated carbocycles. The number of fused-ring (bicyclic) bond motifs is 1. The van der Waals surface area contributed by atoms with Crippen LogP contribution in [0.4, 0.5) is 0 Å². The highest BCUT2D eigenvalue weighted by molar-refractivity contribution is 6.30. The van der Waals surface area contributed by atoms with Gasteiger partial charge >= 0.3 is 0 Å². The molecule has 2 aromatic carbocycles. The number of nitrogens with zero attached hydrogens (tertiary/aromatic N) is 1. The van der Waals surface area contributed by atoms with Crippen LogP contribution in [0.2, 0.25) is 5.02 Å².